The van der Waals surface area contributed by atoms with E-state index >= 15 is 0 Å². The van der Waals surface area contributed by atoms with Crippen LogP contribution < -0.4 is 11.1 Å². The van der Waals surface area contributed by atoms with E-state index in [4.69, 9.17) is 5.73 Å². The van der Waals surface area contributed by atoms with E-state index in [9.17, 15) is 0 Å². The van der Waals surface area contributed by atoms with Crippen molar-refractivity contribution in [3.8, 4) is 0 Å². The Kier molecular flexibility index (Phi) is 2.62. The minimum absolute atomic E-state index is 0.156. The summed E-state index contributed by atoms with van der Waals surface area (Å²) in [6, 6.07) is 11.0. The van der Waals surface area contributed by atoms with Crippen LogP contribution in [-0.2, 0) is 0 Å². The van der Waals surface area contributed by atoms with Crippen LogP contribution >= 0.6 is 0 Å². The standard InChI is InChI=1S/C11H16N2/c12-11(10-7-4-8-13-10)9-5-2-1-3-6-9/h1-3,5-6,10-11,13H,4,7-8,12H2/t10-,11?/m0/s1. The second kappa shape index (κ2) is 3.90. The summed E-state index contributed by atoms with van der Waals surface area (Å²) in [5, 5.41) is 3.43. The highest BCUT2D eigenvalue weighted by molar-refractivity contribution is 5.20. The molecule has 1 fully saturated rings. The summed E-state index contributed by atoms with van der Waals surface area (Å²) in [7, 11) is 0. The Morgan fingerprint density at radius 3 is 2.69 bits per heavy atom. The van der Waals surface area contributed by atoms with Gasteiger partial charge in [0, 0.05) is 12.1 Å². The minimum Gasteiger partial charge on any atom is -0.323 e. The smallest absolute Gasteiger partial charge is 0.0450 e. The molecule has 3 N–H and O–H groups in total. The van der Waals surface area contributed by atoms with Gasteiger partial charge in [0.25, 0.3) is 0 Å². The van der Waals surface area contributed by atoms with Crippen molar-refractivity contribution >= 4 is 0 Å². The number of hydrogen-bond donors (Lipinski definition) is 2. The molecule has 0 saturated carbocycles. The van der Waals surface area contributed by atoms with Crippen molar-refractivity contribution in [3.63, 3.8) is 0 Å². The zero-order valence-electron chi connectivity index (χ0n) is 7.74. The van der Waals surface area contributed by atoms with Gasteiger partial charge in [0.1, 0.15) is 0 Å². The molecule has 2 nitrogen and oxygen atoms in total. The molecular formula is C11H16N2. The molecule has 2 atom stereocenters. The molecule has 0 aliphatic carbocycles. The third kappa shape index (κ3) is 1.90. The highest BCUT2D eigenvalue weighted by Gasteiger charge is 2.21. The molecule has 70 valence electrons. The molecule has 0 bridgehead atoms. The first kappa shape index (κ1) is 8.73. The third-order valence-electron chi connectivity index (χ3n) is 2.72. The maximum absolute atomic E-state index is 6.14. The monoisotopic (exact) mass is 176 g/mol. The Bertz CT molecular complexity index is 252. The van der Waals surface area contributed by atoms with Gasteiger partial charge in [-0.2, -0.15) is 0 Å². The maximum atomic E-state index is 6.14. The molecule has 1 aliphatic heterocycles. The SMILES string of the molecule is NC(c1ccccc1)[C@@H]1CCCN1. The van der Waals surface area contributed by atoms with Gasteiger partial charge >= 0.3 is 0 Å². The minimum atomic E-state index is 0.156. The molecule has 0 radical (unpaired) electrons. The highest BCUT2D eigenvalue weighted by Crippen LogP contribution is 2.19. The molecule has 0 aromatic heterocycles. The first-order chi connectivity index (χ1) is 6.38. The lowest BCUT2D eigenvalue weighted by molar-refractivity contribution is 0.501. The lowest BCUT2D eigenvalue weighted by Crippen LogP contribution is -2.34. The summed E-state index contributed by atoms with van der Waals surface area (Å²) >= 11 is 0. The van der Waals surface area contributed by atoms with E-state index in [2.05, 4.69) is 17.4 Å². The van der Waals surface area contributed by atoms with E-state index in [0.29, 0.717) is 6.04 Å². The molecule has 1 aromatic rings. The van der Waals surface area contributed by atoms with Crippen molar-refractivity contribution in [2.45, 2.75) is 24.9 Å². The Hall–Kier alpha value is -0.860. The number of benzene rings is 1. The molecular weight excluding hydrogens is 160 g/mol. The molecule has 0 spiro atoms. The van der Waals surface area contributed by atoms with Crippen LogP contribution in [0.4, 0.5) is 0 Å². The number of nitrogens with one attached hydrogen (secondary N) is 1. The van der Waals surface area contributed by atoms with E-state index in [1.54, 1.807) is 0 Å². The van der Waals surface area contributed by atoms with Gasteiger partial charge in [-0.05, 0) is 24.9 Å². The summed E-state index contributed by atoms with van der Waals surface area (Å²) in [6.07, 6.45) is 2.46. The Balaban J connectivity index is 2.08. The van der Waals surface area contributed by atoms with Gasteiger partial charge in [-0.1, -0.05) is 30.3 Å². The lowest BCUT2D eigenvalue weighted by Gasteiger charge is -2.19. The van der Waals surface area contributed by atoms with Gasteiger partial charge in [-0.15, -0.1) is 0 Å². The molecule has 1 unspecified atom stereocenters. The van der Waals surface area contributed by atoms with E-state index < -0.39 is 0 Å². The van der Waals surface area contributed by atoms with Gasteiger partial charge in [0.2, 0.25) is 0 Å². The predicted octanol–water partition coefficient (Wildman–Crippen LogP) is 1.44. The van der Waals surface area contributed by atoms with Crippen molar-refractivity contribution in [2.24, 2.45) is 5.73 Å². The first-order valence-corrected chi connectivity index (χ1v) is 4.92. The average Bonchev–Trinajstić information content (AvgIpc) is 2.71. The van der Waals surface area contributed by atoms with Crippen LogP contribution in [0.3, 0.4) is 0 Å². The van der Waals surface area contributed by atoms with Crippen molar-refractivity contribution in [3.05, 3.63) is 35.9 Å². The lowest BCUT2D eigenvalue weighted by atomic mass is 9.99. The van der Waals surface area contributed by atoms with Gasteiger partial charge in [0.15, 0.2) is 0 Å². The second-order valence-electron chi connectivity index (χ2n) is 3.64. The summed E-state index contributed by atoms with van der Waals surface area (Å²) in [4.78, 5) is 0. The van der Waals surface area contributed by atoms with Crippen molar-refractivity contribution in [1.82, 2.24) is 5.32 Å². The van der Waals surface area contributed by atoms with Crippen LogP contribution in [0, 0.1) is 0 Å². The molecule has 2 rings (SSSR count). The quantitative estimate of drug-likeness (QED) is 0.715. The van der Waals surface area contributed by atoms with E-state index in [-0.39, 0.29) is 6.04 Å². The normalized spacial score (nSPS) is 24.5. The number of nitrogens with two attached hydrogens (primary N) is 1. The predicted molar refractivity (Wildman–Crippen MR) is 54.4 cm³/mol. The fourth-order valence-corrected chi connectivity index (χ4v) is 1.93. The van der Waals surface area contributed by atoms with Crippen LogP contribution in [-0.4, -0.2) is 12.6 Å². The van der Waals surface area contributed by atoms with Crippen LogP contribution in [0.25, 0.3) is 0 Å². The molecule has 1 heterocycles. The van der Waals surface area contributed by atoms with Crippen LogP contribution in [0.15, 0.2) is 30.3 Å². The molecule has 1 aromatic carbocycles. The first-order valence-electron chi connectivity index (χ1n) is 4.92. The number of rotatable bonds is 2. The van der Waals surface area contributed by atoms with Crippen LogP contribution in [0.2, 0.25) is 0 Å². The van der Waals surface area contributed by atoms with Crippen molar-refractivity contribution in [1.29, 1.82) is 0 Å². The van der Waals surface area contributed by atoms with Crippen molar-refractivity contribution < 1.29 is 0 Å². The topological polar surface area (TPSA) is 38.0 Å². The fraction of sp³-hybridized carbons (Fsp3) is 0.455. The van der Waals surface area contributed by atoms with Crippen LogP contribution in [0.5, 0.6) is 0 Å². The van der Waals surface area contributed by atoms with Gasteiger partial charge in [-0.25, -0.2) is 0 Å². The van der Waals surface area contributed by atoms with E-state index in [1.165, 1.54) is 18.4 Å². The molecule has 0 amide bonds. The number of hydrogen-bond acceptors (Lipinski definition) is 2. The van der Waals surface area contributed by atoms with Gasteiger partial charge in [0.05, 0.1) is 0 Å². The summed E-state index contributed by atoms with van der Waals surface area (Å²) in [5.74, 6) is 0. The summed E-state index contributed by atoms with van der Waals surface area (Å²) in [6.45, 7) is 1.12. The van der Waals surface area contributed by atoms with Crippen LogP contribution in [0.1, 0.15) is 24.4 Å². The Labute approximate surface area is 79.1 Å². The second-order valence-corrected chi connectivity index (χ2v) is 3.64. The fourth-order valence-electron chi connectivity index (χ4n) is 1.93. The summed E-state index contributed by atoms with van der Waals surface area (Å²) in [5.41, 5.74) is 7.38. The molecule has 1 saturated heterocycles. The Morgan fingerprint density at radius 1 is 1.31 bits per heavy atom. The molecule has 2 heteroatoms. The van der Waals surface area contributed by atoms with Gasteiger partial charge < -0.3 is 11.1 Å². The van der Waals surface area contributed by atoms with E-state index in [1.807, 2.05) is 18.2 Å². The zero-order valence-corrected chi connectivity index (χ0v) is 7.74. The third-order valence-corrected chi connectivity index (χ3v) is 2.72. The largest absolute Gasteiger partial charge is 0.323 e. The van der Waals surface area contributed by atoms with Crippen molar-refractivity contribution in [2.75, 3.05) is 6.54 Å². The summed E-state index contributed by atoms with van der Waals surface area (Å²) < 4.78 is 0. The molecule has 13 heavy (non-hydrogen) atoms. The van der Waals surface area contributed by atoms with Gasteiger partial charge in [-0.3, -0.25) is 0 Å². The van der Waals surface area contributed by atoms with E-state index in [0.717, 1.165) is 6.54 Å². The highest BCUT2D eigenvalue weighted by atomic mass is 15.0. The average molecular weight is 176 g/mol. The maximum Gasteiger partial charge on any atom is 0.0450 e. The Morgan fingerprint density at radius 2 is 2.08 bits per heavy atom. The zero-order chi connectivity index (χ0) is 9.10. The molecule has 1 aliphatic rings.